The Hall–Kier alpha value is -2.37. The van der Waals surface area contributed by atoms with Crippen LogP contribution in [-0.2, 0) is 4.74 Å². The fourth-order valence-corrected chi connectivity index (χ4v) is 1.85. The highest BCUT2D eigenvalue weighted by molar-refractivity contribution is 6.04. The minimum atomic E-state index is -0.458. The summed E-state index contributed by atoms with van der Waals surface area (Å²) in [6.45, 7) is 3.64. The lowest BCUT2D eigenvalue weighted by Crippen LogP contribution is -2.05. The van der Waals surface area contributed by atoms with Crippen LogP contribution in [0.25, 0.3) is 10.8 Å². The molecule has 0 amide bonds. The zero-order valence-corrected chi connectivity index (χ0v) is 10.0. The van der Waals surface area contributed by atoms with Crippen molar-refractivity contribution in [1.82, 2.24) is 4.98 Å². The summed E-state index contributed by atoms with van der Waals surface area (Å²) in [6.07, 6.45) is 1.56. The van der Waals surface area contributed by atoms with Gasteiger partial charge in [0.15, 0.2) is 0 Å². The number of carbonyl (C=O) groups is 1. The number of nitro groups is 1. The van der Waals surface area contributed by atoms with E-state index < -0.39 is 10.9 Å². The number of benzene rings is 1. The predicted molar refractivity (Wildman–Crippen MR) is 65.6 cm³/mol. The molecule has 18 heavy (non-hydrogen) atoms. The van der Waals surface area contributed by atoms with Gasteiger partial charge in [-0.25, -0.2) is 4.79 Å². The third-order valence-electron chi connectivity index (χ3n) is 2.69. The van der Waals surface area contributed by atoms with Gasteiger partial charge in [-0.15, -0.1) is 0 Å². The van der Waals surface area contributed by atoms with E-state index in [-0.39, 0.29) is 12.3 Å². The van der Waals surface area contributed by atoms with Crippen molar-refractivity contribution >= 4 is 22.4 Å². The number of aromatic amines is 1. The Balaban J connectivity index is 2.58. The molecule has 1 aromatic heterocycles. The number of H-pyrrole nitrogens is 1. The van der Waals surface area contributed by atoms with E-state index in [0.29, 0.717) is 22.0 Å². The van der Waals surface area contributed by atoms with Gasteiger partial charge in [0.25, 0.3) is 5.69 Å². The Morgan fingerprint density at radius 3 is 2.83 bits per heavy atom. The van der Waals surface area contributed by atoms with Crippen LogP contribution >= 0.6 is 0 Å². The number of hydrogen-bond donors (Lipinski definition) is 1. The first-order chi connectivity index (χ1) is 8.54. The Labute approximate surface area is 103 Å². The van der Waals surface area contributed by atoms with Crippen molar-refractivity contribution < 1.29 is 14.5 Å². The second-order valence-electron chi connectivity index (χ2n) is 3.87. The van der Waals surface area contributed by atoms with Gasteiger partial charge in [-0.2, -0.15) is 0 Å². The molecule has 2 aromatic rings. The minimum absolute atomic E-state index is 0.0388. The molecule has 0 aliphatic carbocycles. The fourth-order valence-electron chi connectivity index (χ4n) is 1.85. The second-order valence-corrected chi connectivity index (χ2v) is 3.87. The molecule has 1 aromatic carbocycles. The van der Waals surface area contributed by atoms with E-state index in [1.165, 1.54) is 6.07 Å². The van der Waals surface area contributed by atoms with Gasteiger partial charge in [-0.1, -0.05) is 0 Å². The smallest absolute Gasteiger partial charge is 0.355 e. The molecule has 0 fully saturated rings. The summed E-state index contributed by atoms with van der Waals surface area (Å²) < 4.78 is 4.91. The molecular weight excluding hydrogens is 236 g/mol. The molecule has 0 aliphatic heterocycles. The average molecular weight is 248 g/mol. The Kier molecular flexibility index (Phi) is 3.01. The lowest BCUT2D eigenvalue weighted by molar-refractivity contribution is -0.385. The van der Waals surface area contributed by atoms with Gasteiger partial charge in [0.05, 0.1) is 11.5 Å². The van der Waals surface area contributed by atoms with Crippen LogP contribution in [0.15, 0.2) is 18.3 Å². The number of hydrogen-bond acceptors (Lipinski definition) is 4. The molecule has 0 bridgehead atoms. The lowest BCUT2D eigenvalue weighted by Gasteiger charge is -2.01. The molecule has 1 heterocycles. The third-order valence-corrected chi connectivity index (χ3v) is 2.69. The Morgan fingerprint density at radius 1 is 1.50 bits per heavy atom. The average Bonchev–Trinajstić information content (AvgIpc) is 2.70. The number of aromatic nitrogens is 1. The van der Waals surface area contributed by atoms with Crippen LogP contribution in [0.4, 0.5) is 5.69 Å². The molecule has 0 aliphatic rings. The molecule has 0 atom stereocenters. The highest BCUT2D eigenvalue weighted by atomic mass is 16.6. The van der Waals surface area contributed by atoms with E-state index in [0.717, 1.165) is 0 Å². The summed E-state index contributed by atoms with van der Waals surface area (Å²) in [7, 11) is 0. The zero-order valence-electron chi connectivity index (χ0n) is 10.0. The van der Waals surface area contributed by atoms with Gasteiger partial charge < -0.3 is 9.72 Å². The molecule has 0 spiro atoms. The highest BCUT2D eigenvalue weighted by Gasteiger charge is 2.18. The second kappa shape index (κ2) is 4.48. The molecule has 94 valence electrons. The summed E-state index contributed by atoms with van der Waals surface area (Å²) in [4.78, 5) is 24.8. The van der Waals surface area contributed by atoms with Crippen molar-refractivity contribution in [2.24, 2.45) is 0 Å². The number of carbonyl (C=O) groups excluding carboxylic acids is 1. The van der Waals surface area contributed by atoms with Crippen LogP contribution in [0, 0.1) is 17.0 Å². The monoisotopic (exact) mass is 248 g/mol. The van der Waals surface area contributed by atoms with Gasteiger partial charge >= 0.3 is 5.97 Å². The highest BCUT2D eigenvalue weighted by Crippen LogP contribution is 2.27. The molecule has 0 saturated carbocycles. The van der Waals surface area contributed by atoms with Crippen LogP contribution < -0.4 is 0 Å². The van der Waals surface area contributed by atoms with E-state index >= 15 is 0 Å². The van der Waals surface area contributed by atoms with E-state index in [1.54, 1.807) is 26.1 Å². The zero-order chi connectivity index (χ0) is 13.3. The summed E-state index contributed by atoms with van der Waals surface area (Å²) in [5.74, 6) is -0.458. The maximum absolute atomic E-state index is 11.7. The number of nitro benzene ring substituents is 1. The molecule has 0 saturated heterocycles. The molecule has 0 unspecified atom stereocenters. The Bertz CT molecular complexity index is 630. The first-order valence-corrected chi connectivity index (χ1v) is 5.47. The maximum Gasteiger partial charge on any atom is 0.355 e. The van der Waals surface area contributed by atoms with Crippen LogP contribution in [0.3, 0.4) is 0 Å². The number of nitrogens with zero attached hydrogens (tertiary/aromatic N) is 1. The maximum atomic E-state index is 11.7. The first kappa shape index (κ1) is 12.1. The topological polar surface area (TPSA) is 85.2 Å². The van der Waals surface area contributed by atoms with Crippen molar-refractivity contribution in [2.75, 3.05) is 6.61 Å². The Morgan fingerprint density at radius 2 is 2.22 bits per heavy atom. The lowest BCUT2D eigenvalue weighted by atomic mass is 10.1. The van der Waals surface area contributed by atoms with E-state index in [2.05, 4.69) is 4.98 Å². The predicted octanol–water partition coefficient (Wildman–Crippen LogP) is 2.56. The summed E-state index contributed by atoms with van der Waals surface area (Å²) in [5, 5.41) is 12.1. The number of ether oxygens (including phenoxy) is 1. The fraction of sp³-hybridized carbons (Fsp3) is 0.250. The SMILES string of the molecule is CCOC(=O)c1[nH]cc2cc([N+](=O)[O-])c(C)cc12. The number of aryl methyl sites for hydroxylation is 1. The van der Waals surface area contributed by atoms with Crippen molar-refractivity contribution in [3.63, 3.8) is 0 Å². The summed E-state index contributed by atoms with van der Waals surface area (Å²) in [6, 6.07) is 3.07. The van der Waals surface area contributed by atoms with Crippen LogP contribution in [0.5, 0.6) is 0 Å². The number of rotatable bonds is 3. The van der Waals surface area contributed by atoms with E-state index in [4.69, 9.17) is 4.74 Å². The quantitative estimate of drug-likeness (QED) is 0.514. The standard InChI is InChI=1S/C12H12N2O4/c1-3-18-12(15)11-9-4-7(2)10(14(16)17)5-8(9)6-13-11/h4-6,13H,3H2,1-2H3. The third kappa shape index (κ3) is 1.92. The van der Waals surface area contributed by atoms with Gasteiger partial charge in [0.2, 0.25) is 0 Å². The van der Waals surface area contributed by atoms with Crippen LogP contribution in [0.2, 0.25) is 0 Å². The molecular formula is C12H12N2O4. The van der Waals surface area contributed by atoms with Gasteiger partial charge in [-0.05, 0) is 19.9 Å². The van der Waals surface area contributed by atoms with Gasteiger partial charge in [0, 0.05) is 28.6 Å². The van der Waals surface area contributed by atoms with E-state index in [9.17, 15) is 14.9 Å². The van der Waals surface area contributed by atoms with Gasteiger partial charge in [0.1, 0.15) is 5.69 Å². The van der Waals surface area contributed by atoms with Crippen molar-refractivity contribution in [2.45, 2.75) is 13.8 Å². The normalized spacial score (nSPS) is 10.6. The molecule has 2 rings (SSSR count). The molecule has 0 radical (unpaired) electrons. The van der Waals surface area contributed by atoms with E-state index in [1.807, 2.05) is 0 Å². The first-order valence-electron chi connectivity index (χ1n) is 5.47. The molecule has 6 nitrogen and oxygen atoms in total. The number of fused-ring (bicyclic) bond motifs is 1. The number of nitrogens with one attached hydrogen (secondary N) is 1. The number of esters is 1. The molecule has 1 N–H and O–H groups in total. The van der Waals surface area contributed by atoms with Crippen molar-refractivity contribution in [1.29, 1.82) is 0 Å². The largest absolute Gasteiger partial charge is 0.461 e. The van der Waals surface area contributed by atoms with Crippen LogP contribution in [-0.4, -0.2) is 22.5 Å². The van der Waals surface area contributed by atoms with Crippen molar-refractivity contribution in [3.8, 4) is 0 Å². The van der Waals surface area contributed by atoms with Gasteiger partial charge in [-0.3, -0.25) is 10.1 Å². The van der Waals surface area contributed by atoms with Crippen LogP contribution in [0.1, 0.15) is 23.0 Å². The van der Waals surface area contributed by atoms with Crippen molar-refractivity contribution in [3.05, 3.63) is 39.7 Å². The summed E-state index contributed by atoms with van der Waals surface area (Å²) >= 11 is 0. The minimum Gasteiger partial charge on any atom is -0.461 e. The molecule has 6 heteroatoms. The summed E-state index contributed by atoms with van der Waals surface area (Å²) in [5.41, 5.74) is 0.874.